The molecule has 1 heterocycles. The molecular formula is C15H21N5O. The van der Waals surface area contributed by atoms with Crippen LogP contribution in [0.4, 0.5) is 0 Å². The highest BCUT2D eigenvalue weighted by Gasteiger charge is 2.09. The summed E-state index contributed by atoms with van der Waals surface area (Å²) in [6, 6.07) is 7.88. The van der Waals surface area contributed by atoms with Crippen molar-refractivity contribution in [2.75, 3.05) is 6.54 Å². The summed E-state index contributed by atoms with van der Waals surface area (Å²) in [6.45, 7) is 7.04. The van der Waals surface area contributed by atoms with E-state index in [4.69, 9.17) is 0 Å². The number of hydrogen-bond donors (Lipinski definition) is 1. The van der Waals surface area contributed by atoms with E-state index < -0.39 is 0 Å². The number of tetrazole rings is 1. The normalized spacial score (nSPS) is 10.9. The van der Waals surface area contributed by atoms with E-state index in [0.29, 0.717) is 18.3 Å². The molecule has 6 heteroatoms. The summed E-state index contributed by atoms with van der Waals surface area (Å²) in [7, 11) is 0. The molecule has 0 atom stereocenters. The molecule has 2 rings (SSSR count). The minimum Gasteiger partial charge on any atom is -0.354 e. The minimum absolute atomic E-state index is 0.0940. The molecule has 0 saturated heterocycles. The van der Waals surface area contributed by atoms with Crippen molar-refractivity contribution in [2.45, 2.75) is 33.7 Å². The van der Waals surface area contributed by atoms with Crippen LogP contribution in [0.5, 0.6) is 0 Å². The summed E-state index contributed by atoms with van der Waals surface area (Å²) in [5.41, 5.74) is 2.07. The number of aromatic nitrogens is 4. The molecule has 112 valence electrons. The van der Waals surface area contributed by atoms with Crippen LogP contribution >= 0.6 is 0 Å². The van der Waals surface area contributed by atoms with Crippen LogP contribution in [0.3, 0.4) is 0 Å². The van der Waals surface area contributed by atoms with E-state index in [1.165, 1.54) is 10.4 Å². The van der Waals surface area contributed by atoms with Gasteiger partial charge in [-0.1, -0.05) is 43.7 Å². The number of carbonyl (C=O) groups is 1. The van der Waals surface area contributed by atoms with Gasteiger partial charge in [0, 0.05) is 12.1 Å². The Balaban J connectivity index is 1.91. The second kappa shape index (κ2) is 6.97. The molecule has 0 bridgehead atoms. The lowest BCUT2D eigenvalue weighted by atomic mass is 10.1. The first kappa shape index (κ1) is 15.2. The molecule has 2 aromatic rings. The zero-order valence-electron chi connectivity index (χ0n) is 12.7. The van der Waals surface area contributed by atoms with E-state index in [2.05, 4.69) is 34.6 Å². The number of carbonyl (C=O) groups excluding carboxylic acids is 1. The van der Waals surface area contributed by atoms with E-state index in [1.807, 2.05) is 31.2 Å². The molecule has 0 saturated carbocycles. The summed E-state index contributed by atoms with van der Waals surface area (Å²) >= 11 is 0. The maximum absolute atomic E-state index is 11.7. The fourth-order valence-electron chi connectivity index (χ4n) is 1.81. The van der Waals surface area contributed by atoms with E-state index in [1.54, 1.807) is 0 Å². The largest absolute Gasteiger partial charge is 0.354 e. The van der Waals surface area contributed by atoms with Crippen LogP contribution in [-0.2, 0) is 11.3 Å². The van der Waals surface area contributed by atoms with Crippen molar-refractivity contribution < 1.29 is 4.79 Å². The molecule has 0 aliphatic heterocycles. The van der Waals surface area contributed by atoms with Crippen LogP contribution in [0.1, 0.15) is 25.8 Å². The Labute approximate surface area is 124 Å². The molecule has 1 aromatic heterocycles. The van der Waals surface area contributed by atoms with Gasteiger partial charge in [-0.05, 0) is 24.5 Å². The van der Waals surface area contributed by atoms with Gasteiger partial charge >= 0.3 is 0 Å². The van der Waals surface area contributed by atoms with Crippen molar-refractivity contribution in [3.63, 3.8) is 0 Å². The average Bonchev–Trinajstić information content (AvgIpc) is 2.87. The topological polar surface area (TPSA) is 72.7 Å². The van der Waals surface area contributed by atoms with Gasteiger partial charge in [0.15, 0.2) is 0 Å². The number of rotatable bonds is 6. The molecule has 0 radical (unpaired) electrons. The number of nitrogens with zero attached hydrogens (tertiary/aromatic N) is 4. The van der Waals surface area contributed by atoms with Gasteiger partial charge < -0.3 is 5.32 Å². The van der Waals surface area contributed by atoms with Gasteiger partial charge in [0.25, 0.3) is 0 Å². The average molecular weight is 287 g/mol. The van der Waals surface area contributed by atoms with E-state index in [9.17, 15) is 4.79 Å². The highest BCUT2D eigenvalue weighted by Crippen LogP contribution is 2.13. The van der Waals surface area contributed by atoms with Crippen molar-refractivity contribution in [3.8, 4) is 11.4 Å². The van der Waals surface area contributed by atoms with Gasteiger partial charge in [-0.3, -0.25) is 4.79 Å². The molecule has 21 heavy (non-hydrogen) atoms. The first-order chi connectivity index (χ1) is 10.0. The number of hydrogen-bond acceptors (Lipinski definition) is 4. The van der Waals surface area contributed by atoms with Crippen molar-refractivity contribution >= 4 is 5.91 Å². The molecule has 1 N–H and O–H groups in total. The number of benzene rings is 1. The Morgan fingerprint density at radius 2 is 2.00 bits per heavy atom. The first-order valence-electron chi connectivity index (χ1n) is 7.16. The van der Waals surface area contributed by atoms with Gasteiger partial charge in [-0.2, -0.15) is 4.80 Å². The van der Waals surface area contributed by atoms with Crippen molar-refractivity contribution in [1.82, 2.24) is 25.5 Å². The van der Waals surface area contributed by atoms with Gasteiger partial charge in [-0.25, -0.2) is 0 Å². The standard InChI is InChI=1S/C15H21N5O/c1-11(2)8-9-16-14(21)10-20-18-15(17-19-20)13-6-4-12(3)5-7-13/h4-7,11H,8-10H2,1-3H3,(H,16,21). The fourth-order valence-corrected chi connectivity index (χ4v) is 1.81. The highest BCUT2D eigenvalue weighted by atomic mass is 16.2. The lowest BCUT2D eigenvalue weighted by Gasteiger charge is -2.06. The number of aryl methyl sites for hydroxylation is 1. The van der Waals surface area contributed by atoms with Crippen LogP contribution in [0, 0.1) is 12.8 Å². The maximum atomic E-state index is 11.7. The highest BCUT2D eigenvalue weighted by molar-refractivity contribution is 5.75. The van der Waals surface area contributed by atoms with Crippen molar-refractivity contribution in [1.29, 1.82) is 0 Å². The maximum Gasteiger partial charge on any atom is 0.243 e. The molecular weight excluding hydrogens is 266 g/mol. The van der Waals surface area contributed by atoms with Gasteiger partial charge in [0.2, 0.25) is 11.7 Å². The summed E-state index contributed by atoms with van der Waals surface area (Å²) in [4.78, 5) is 13.1. The molecule has 0 unspecified atom stereocenters. The number of nitrogens with one attached hydrogen (secondary N) is 1. The van der Waals surface area contributed by atoms with Crippen LogP contribution in [0.15, 0.2) is 24.3 Å². The van der Waals surface area contributed by atoms with Crippen molar-refractivity contribution in [3.05, 3.63) is 29.8 Å². The third-order valence-electron chi connectivity index (χ3n) is 3.09. The minimum atomic E-state index is -0.0940. The SMILES string of the molecule is Cc1ccc(-c2nnn(CC(=O)NCCC(C)C)n2)cc1. The molecule has 1 aromatic carbocycles. The quantitative estimate of drug-likeness (QED) is 0.879. The Morgan fingerprint density at radius 3 is 2.67 bits per heavy atom. The Bertz CT molecular complexity index is 588. The second-order valence-electron chi connectivity index (χ2n) is 5.54. The predicted octanol–water partition coefficient (Wildman–Crippen LogP) is 1.81. The second-order valence-corrected chi connectivity index (χ2v) is 5.54. The van der Waals surface area contributed by atoms with Gasteiger partial charge in [0.1, 0.15) is 6.54 Å². The molecule has 0 spiro atoms. The third-order valence-corrected chi connectivity index (χ3v) is 3.09. The Kier molecular flexibility index (Phi) is 5.03. The molecule has 0 fully saturated rings. The lowest BCUT2D eigenvalue weighted by Crippen LogP contribution is -2.29. The summed E-state index contributed by atoms with van der Waals surface area (Å²) in [6.07, 6.45) is 0.963. The van der Waals surface area contributed by atoms with Crippen molar-refractivity contribution in [2.24, 2.45) is 5.92 Å². The lowest BCUT2D eigenvalue weighted by molar-refractivity contribution is -0.122. The summed E-state index contributed by atoms with van der Waals surface area (Å²) < 4.78 is 0. The smallest absolute Gasteiger partial charge is 0.243 e. The molecule has 1 amide bonds. The third kappa shape index (κ3) is 4.66. The van der Waals surface area contributed by atoms with E-state index in [-0.39, 0.29) is 12.5 Å². The molecule has 0 aliphatic carbocycles. The molecule has 6 nitrogen and oxygen atoms in total. The van der Waals surface area contributed by atoms with E-state index >= 15 is 0 Å². The zero-order valence-corrected chi connectivity index (χ0v) is 12.7. The molecule has 0 aliphatic rings. The van der Waals surface area contributed by atoms with Crippen LogP contribution in [-0.4, -0.2) is 32.7 Å². The van der Waals surface area contributed by atoms with Crippen LogP contribution in [0.2, 0.25) is 0 Å². The number of amides is 1. The predicted molar refractivity (Wildman–Crippen MR) is 80.5 cm³/mol. The van der Waals surface area contributed by atoms with Gasteiger partial charge in [-0.15, -0.1) is 10.2 Å². The summed E-state index contributed by atoms with van der Waals surface area (Å²) in [5, 5.41) is 15.0. The Morgan fingerprint density at radius 1 is 1.29 bits per heavy atom. The van der Waals surface area contributed by atoms with Crippen LogP contribution in [0.25, 0.3) is 11.4 Å². The summed E-state index contributed by atoms with van der Waals surface area (Å²) in [5.74, 6) is 1.01. The van der Waals surface area contributed by atoms with Gasteiger partial charge in [0.05, 0.1) is 0 Å². The first-order valence-corrected chi connectivity index (χ1v) is 7.16. The van der Waals surface area contributed by atoms with E-state index in [0.717, 1.165) is 12.0 Å². The zero-order chi connectivity index (χ0) is 15.2. The monoisotopic (exact) mass is 287 g/mol. The fraction of sp³-hybridized carbons (Fsp3) is 0.467. The van der Waals surface area contributed by atoms with Crippen LogP contribution < -0.4 is 5.32 Å². The Hall–Kier alpha value is -2.24.